The minimum atomic E-state index is -0.488. The molecule has 0 aliphatic heterocycles. The van der Waals surface area contributed by atoms with Crippen LogP contribution in [0.3, 0.4) is 0 Å². The summed E-state index contributed by atoms with van der Waals surface area (Å²) in [6.45, 7) is 0. The van der Waals surface area contributed by atoms with Crippen LogP contribution in [-0.4, -0.2) is 0 Å². The lowest BCUT2D eigenvalue weighted by molar-refractivity contribution is 0.628. The minimum absolute atomic E-state index is 0.0792. The smallest absolute Gasteiger partial charge is 0.126 e. The first kappa shape index (κ1) is 9.88. The highest BCUT2D eigenvalue weighted by Crippen LogP contribution is 2.20. The molecule has 0 unspecified atom stereocenters. The summed E-state index contributed by atoms with van der Waals surface area (Å²) in [5, 5.41) is 8.24. The van der Waals surface area contributed by atoms with Gasteiger partial charge in [-0.05, 0) is 12.1 Å². The van der Waals surface area contributed by atoms with Gasteiger partial charge in [0, 0.05) is 0 Å². The van der Waals surface area contributed by atoms with Crippen LogP contribution in [0.4, 0.5) is 15.8 Å². The van der Waals surface area contributed by atoms with E-state index in [1.165, 1.54) is 6.07 Å². The van der Waals surface area contributed by atoms with E-state index in [0.29, 0.717) is 5.56 Å². The van der Waals surface area contributed by atoms with Gasteiger partial charge in [0.1, 0.15) is 5.82 Å². The third-order valence-corrected chi connectivity index (χ3v) is 1.57. The molecule has 1 aromatic rings. The lowest BCUT2D eigenvalue weighted by Gasteiger charge is -2.02. The lowest BCUT2D eigenvalue weighted by Crippen LogP contribution is -1.98. The number of nitrogen functional groups attached to an aromatic ring is 2. The highest BCUT2D eigenvalue weighted by Gasteiger charge is 2.02. The number of nitriles is 1. The van der Waals surface area contributed by atoms with Crippen LogP contribution in [0.25, 0.3) is 0 Å². The first-order valence-corrected chi connectivity index (χ1v) is 3.85. The van der Waals surface area contributed by atoms with Gasteiger partial charge in [0.15, 0.2) is 0 Å². The Hall–Kier alpha value is -2.20. The highest BCUT2D eigenvalue weighted by atomic mass is 19.1. The number of nitrogens with two attached hydrogens (primary N) is 2. The van der Waals surface area contributed by atoms with Crippen molar-refractivity contribution in [2.24, 2.45) is 0 Å². The zero-order chi connectivity index (χ0) is 10.6. The van der Waals surface area contributed by atoms with Crippen LogP contribution in [0.15, 0.2) is 12.1 Å². The van der Waals surface area contributed by atoms with E-state index in [1.807, 2.05) is 6.07 Å². The predicted molar refractivity (Wildman–Crippen MR) is 52.3 cm³/mol. The SMILES string of the molecule is N#CCC#Cc1cc(F)cc(N)c1N. The Balaban J connectivity index is 3.11. The van der Waals surface area contributed by atoms with Crippen LogP contribution in [-0.2, 0) is 0 Å². The van der Waals surface area contributed by atoms with Crippen LogP contribution >= 0.6 is 0 Å². The third kappa shape index (κ3) is 2.15. The van der Waals surface area contributed by atoms with Gasteiger partial charge in [-0.25, -0.2) is 4.39 Å². The zero-order valence-corrected chi connectivity index (χ0v) is 7.34. The number of nitrogens with zero attached hydrogens (tertiary/aromatic N) is 1. The van der Waals surface area contributed by atoms with Gasteiger partial charge in [0.2, 0.25) is 0 Å². The van der Waals surface area contributed by atoms with E-state index < -0.39 is 5.82 Å². The summed E-state index contributed by atoms with van der Waals surface area (Å²) in [6.07, 6.45) is 0.0792. The maximum absolute atomic E-state index is 12.8. The van der Waals surface area contributed by atoms with E-state index in [1.54, 1.807) is 0 Å². The number of rotatable bonds is 0. The third-order valence-electron chi connectivity index (χ3n) is 1.57. The molecule has 0 spiro atoms. The van der Waals surface area contributed by atoms with Gasteiger partial charge in [0.25, 0.3) is 0 Å². The summed E-state index contributed by atoms with van der Waals surface area (Å²) in [7, 11) is 0. The minimum Gasteiger partial charge on any atom is -0.397 e. The molecule has 70 valence electrons. The molecular formula is C10H8FN3. The predicted octanol–water partition coefficient (Wildman–Crippen LogP) is 1.26. The fraction of sp³-hybridized carbons (Fsp3) is 0.100. The lowest BCUT2D eigenvalue weighted by atomic mass is 10.1. The first-order valence-electron chi connectivity index (χ1n) is 3.85. The summed E-state index contributed by atoms with van der Waals surface area (Å²) in [4.78, 5) is 0. The van der Waals surface area contributed by atoms with Crippen LogP contribution in [0, 0.1) is 29.0 Å². The number of anilines is 2. The Morgan fingerprint density at radius 1 is 1.36 bits per heavy atom. The van der Waals surface area contributed by atoms with Crippen LogP contribution < -0.4 is 11.5 Å². The molecule has 0 fully saturated rings. The van der Waals surface area contributed by atoms with Gasteiger partial charge in [-0.3, -0.25) is 0 Å². The van der Waals surface area contributed by atoms with E-state index in [4.69, 9.17) is 16.7 Å². The molecule has 0 heterocycles. The average molecular weight is 189 g/mol. The summed E-state index contributed by atoms with van der Waals surface area (Å²) < 4.78 is 12.8. The molecule has 4 heteroatoms. The molecular weight excluding hydrogens is 181 g/mol. The molecule has 0 amide bonds. The molecule has 1 aromatic carbocycles. The Morgan fingerprint density at radius 2 is 2.07 bits per heavy atom. The first-order chi connectivity index (χ1) is 6.65. The van der Waals surface area contributed by atoms with E-state index in [-0.39, 0.29) is 17.8 Å². The summed E-state index contributed by atoms with van der Waals surface area (Å²) >= 11 is 0. The van der Waals surface area contributed by atoms with Crippen molar-refractivity contribution in [2.45, 2.75) is 6.42 Å². The molecule has 3 nitrogen and oxygen atoms in total. The molecule has 0 aliphatic carbocycles. The zero-order valence-electron chi connectivity index (χ0n) is 7.34. The Bertz CT molecular complexity index is 449. The monoisotopic (exact) mass is 189 g/mol. The van der Waals surface area contributed by atoms with Gasteiger partial charge < -0.3 is 11.5 Å². The maximum Gasteiger partial charge on any atom is 0.126 e. The Kier molecular flexibility index (Phi) is 2.93. The van der Waals surface area contributed by atoms with Crippen molar-refractivity contribution in [1.29, 1.82) is 5.26 Å². The average Bonchev–Trinajstić information content (AvgIpc) is 2.13. The normalized spacial score (nSPS) is 8.57. The fourth-order valence-corrected chi connectivity index (χ4v) is 0.921. The molecule has 0 saturated carbocycles. The second-order valence-corrected chi connectivity index (χ2v) is 2.59. The number of hydrogen-bond donors (Lipinski definition) is 2. The summed E-state index contributed by atoms with van der Waals surface area (Å²) in [6, 6.07) is 4.17. The standard InChI is InChI=1S/C10H8FN3/c11-8-5-7(3-1-2-4-12)10(14)9(13)6-8/h5-6H,2,13-14H2. The van der Waals surface area contributed by atoms with E-state index in [9.17, 15) is 4.39 Å². The molecule has 14 heavy (non-hydrogen) atoms. The number of halogens is 1. The van der Waals surface area contributed by atoms with Crippen LogP contribution in [0.2, 0.25) is 0 Å². The topological polar surface area (TPSA) is 75.8 Å². The van der Waals surface area contributed by atoms with Crippen molar-refractivity contribution in [3.05, 3.63) is 23.5 Å². The van der Waals surface area contributed by atoms with Crippen molar-refractivity contribution < 1.29 is 4.39 Å². The van der Waals surface area contributed by atoms with E-state index >= 15 is 0 Å². The molecule has 4 N–H and O–H groups in total. The van der Waals surface area contributed by atoms with Gasteiger partial charge in [0.05, 0.1) is 29.4 Å². The number of hydrogen-bond acceptors (Lipinski definition) is 3. The van der Waals surface area contributed by atoms with Gasteiger partial charge in [-0.15, -0.1) is 0 Å². The quantitative estimate of drug-likeness (QED) is 0.476. The molecule has 0 aromatic heterocycles. The Morgan fingerprint density at radius 3 is 2.71 bits per heavy atom. The summed E-state index contributed by atoms with van der Waals surface area (Å²) in [5.41, 5.74) is 11.7. The van der Waals surface area contributed by atoms with Crippen molar-refractivity contribution in [1.82, 2.24) is 0 Å². The van der Waals surface area contributed by atoms with Crippen LogP contribution in [0.1, 0.15) is 12.0 Å². The van der Waals surface area contributed by atoms with Crippen molar-refractivity contribution in [3.8, 4) is 17.9 Å². The second kappa shape index (κ2) is 4.15. The fourth-order valence-electron chi connectivity index (χ4n) is 0.921. The highest BCUT2D eigenvalue weighted by molar-refractivity contribution is 5.71. The Labute approximate surface area is 81.1 Å². The van der Waals surface area contributed by atoms with Crippen molar-refractivity contribution in [3.63, 3.8) is 0 Å². The molecule has 0 saturated heterocycles. The van der Waals surface area contributed by atoms with Gasteiger partial charge >= 0.3 is 0 Å². The van der Waals surface area contributed by atoms with Gasteiger partial charge in [-0.2, -0.15) is 5.26 Å². The van der Waals surface area contributed by atoms with E-state index in [0.717, 1.165) is 6.07 Å². The summed E-state index contributed by atoms with van der Waals surface area (Å²) in [5.74, 6) is 4.62. The van der Waals surface area contributed by atoms with Crippen molar-refractivity contribution >= 4 is 11.4 Å². The van der Waals surface area contributed by atoms with E-state index in [2.05, 4.69) is 11.8 Å². The molecule has 0 atom stereocenters. The largest absolute Gasteiger partial charge is 0.397 e. The number of benzene rings is 1. The molecule has 1 rings (SSSR count). The molecule has 0 aliphatic rings. The van der Waals surface area contributed by atoms with Crippen molar-refractivity contribution in [2.75, 3.05) is 11.5 Å². The van der Waals surface area contributed by atoms with Gasteiger partial charge in [-0.1, -0.05) is 11.8 Å². The van der Waals surface area contributed by atoms with Crippen LogP contribution in [0.5, 0.6) is 0 Å². The molecule has 0 radical (unpaired) electrons. The maximum atomic E-state index is 12.8. The second-order valence-electron chi connectivity index (χ2n) is 2.59. The molecule has 0 bridgehead atoms.